The highest BCUT2D eigenvalue weighted by Crippen LogP contribution is 2.34. The molecule has 2 atom stereocenters. The largest absolute Gasteiger partial charge is 0.469 e. The standard InChI is InChI=1S/C19H21NO2/c1-22-19(21)18-14-20(12-15-8-4-2-5-9-15)13-17(18)16-10-6-3-7-11-16/h2-11,17-18H,12-14H2,1H3/t17-,18+/m1/s1. The molecule has 1 aliphatic rings. The molecule has 0 spiro atoms. The quantitative estimate of drug-likeness (QED) is 0.812. The van der Waals surface area contributed by atoms with Crippen molar-refractivity contribution in [3.05, 3.63) is 71.8 Å². The predicted octanol–water partition coefficient (Wildman–Crippen LogP) is 3.08. The average molecular weight is 295 g/mol. The third kappa shape index (κ3) is 3.20. The number of ether oxygens (including phenoxy) is 1. The molecule has 3 rings (SSSR count). The minimum atomic E-state index is -0.107. The summed E-state index contributed by atoms with van der Waals surface area (Å²) in [6.45, 7) is 2.51. The Morgan fingerprint density at radius 1 is 1.05 bits per heavy atom. The number of methoxy groups -OCH3 is 1. The molecular weight excluding hydrogens is 274 g/mol. The number of nitrogens with zero attached hydrogens (tertiary/aromatic N) is 1. The third-order valence-electron chi connectivity index (χ3n) is 4.38. The molecule has 114 valence electrons. The fourth-order valence-corrected chi connectivity index (χ4v) is 3.28. The minimum absolute atomic E-state index is 0.0869. The summed E-state index contributed by atoms with van der Waals surface area (Å²) in [5, 5.41) is 0. The molecule has 3 heteroatoms. The van der Waals surface area contributed by atoms with Crippen LogP contribution in [0.1, 0.15) is 17.0 Å². The van der Waals surface area contributed by atoms with Gasteiger partial charge in [-0.2, -0.15) is 0 Å². The molecule has 0 aromatic heterocycles. The molecular formula is C19H21NO2. The summed E-state index contributed by atoms with van der Waals surface area (Å²) in [5.74, 6) is 0.0119. The first-order chi connectivity index (χ1) is 10.8. The Labute approximate surface area is 131 Å². The van der Waals surface area contributed by atoms with Gasteiger partial charge in [0.05, 0.1) is 13.0 Å². The fraction of sp³-hybridized carbons (Fsp3) is 0.316. The second-order valence-electron chi connectivity index (χ2n) is 5.83. The predicted molar refractivity (Wildman–Crippen MR) is 86.4 cm³/mol. The molecule has 2 aromatic rings. The molecule has 0 unspecified atom stereocenters. The average Bonchev–Trinajstić information content (AvgIpc) is 3.00. The summed E-state index contributed by atoms with van der Waals surface area (Å²) in [5.41, 5.74) is 2.49. The Bertz CT molecular complexity index is 612. The van der Waals surface area contributed by atoms with Crippen LogP contribution in [0.25, 0.3) is 0 Å². The van der Waals surface area contributed by atoms with E-state index in [9.17, 15) is 4.79 Å². The van der Waals surface area contributed by atoms with Crippen LogP contribution >= 0.6 is 0 Å². The lowest BCUT2D eigenvalue weighted by atomic mass is 9.89. The van der Waals surface area contributed by atoms with Gasteiger partial charge in [-0.15, -0.1) is 0 Å². The Kier molecular flexibility index (Phi) is 4.54. The van der Waals surface area contributed by atoms with Gasteiger partial charge in [-0.3, -0.25) is 9.69 Å². The van der Waals surface area contributed by atoms with E-state index in [1.807, 2.05) is 24.3 Å². The number of carbonyl (C=O) groups excluding carboxylic acids is 1. The van der Waals surface area contributed by atoms with Gasteiger partial charge in [0.2, 0.25) is 0 Å². The lowest BCUT2D eigenvalue weighted by Gasteiger charge is -2.16. The van der Waals surface area contributed by atoms with Crippen molar-refractivity contribution in [3.63, 3.8) is 0 Å². The van der Waals surface area contributed by atoms with Crippen LogP contribution in [0.4, 0.5) is 0 Å². The lowest BCUT2D eigenvalue weighted by molar-refractivity contribution is -0.145. The Hall–Kier alpha value is -2.13. The van der Waals surface area contributed by atoms with E-state index in [1.165, 1.54) is 18.2 Å². The van der Waals surface area contributed by atoms with Crippen LogP contribution in [0.2, 0.25) is 0 Å². The lowest BCUT2D eigenvalue weighted by Crippen LogP contribution is -2.24. The Morgan fingerprint density at radius 2 is 1.68 bits per heavy atom. The number of likely N-dealkylation sites (tertiary alicyclic amines) is 1. The molecule has 3 nitrogen and oxygen atoms in total. The fourth-order valence-electron chi connectivity index (χ4n) is 3.28. The Balaban J connectivity index is 1.78. The molecule has 0 aliphatic carbocycles. The van der Waals surface area contributed by atoms with Gasteiger partial charge in [0.1, 0.15) is 0 Å². The van der Waals surface area contributed by atoms with E-state index >= 15 is 0 Å². The van der Waals surface area contributed by atoms with E-state index in [0.29, 0.717) is 0 Å². The highest BCUT2D eigenvalue weighted by atomic mass is 16.5. The smallest absolute Gasteiger partial charge is 0.310 e. The molecule has 0 amide bonds. The summed E-state index contributed by atoms with van der Waals surface area (Å²) < 4.78 is 5.02. The molecule has 0 saturated carbocycles. The van der Waals surface area contributed by atoms with Gasteiger partial charge < -0.3 is 4.74 Å². The third-order valence-corrected chi connectivity index (χ3v) is 4.38. The van der Waals surface area contributed by atoms with Crippen LogP contribution in [-0.4, -0.2) is 31.1 Å². The van der Waals surface area contributed by atoms with Gasteiger partial charge in [-0.1, -0.05) is 60.7 Å². The highest BCUT2D eigenvalue weighted by molar-refractivity contribution is 5.74. The molecule has 1 aliphatic heterocycles. The summed E-state index contributed by atoms with van der Waals surface area (Å²) in [4.78, 5) is 14.5. The first-order valence-electron chi connectivity index (χ1n) is 7.67. The zero-order chi connectivity index (χ0) is 15.4. The van der Waals surface area contributed by atoms with Crippen molar-refractivity contribution < 1.29 is 9.53 Å². The molecule has 2 aromatic carbocycles. The Morgan fingerprint density at radius 3 is 2.32 bits per heavy atom. The molecule has 22 heavy (non-hydrogen) atoms. The number of benzene rings is 2. The van der Waals surface area contributed by atoms with Gasteiger partial charge in [-0.25, -0.2) is 0 Å². The highest BCUT2D eigenvalue weighted by Gasteiger charge is 2.38. The topological polar surface area (TPSA) is 29.5 Å². The first kappa shape index (κ1) is 14.8. The maximum absolute atomic E-state index is 12.1. The molecule has 0 bridgehead atoms. The molecule has 0 radical (unpaired) electrons. The van der Waals surface area contributed by atoms with Crippen molar-refractivity contribution >= 4 is 5.97 Å². The number of carbonyl (C=O) groups is 1. The van der Waals surface area contributed by atoms with E-state index in [-0.39, 0.29) is 17.8 Å². The zero-order valence-corrected chi connectivity index (χ0v) is 12.8. The summed E-state index contributed by atoms with van der Waals surface area (Å²) in [7, 11) is 1.48. The van der Waals surface area contributed by atoms with Crippen LogP contribution in [-0.2, 0) is 16.1 Å². The summed E-state index contributed by atoms with van der Waals surface area (Å²) in [6.07, 6.45) is 0. The minimum Gasteiger partial charge on any atom is -0.469 e. The van der Waals surface area contributed by atoms with E-state index in [0.717, 1.165) is 19.6 Å². The normalized spacial score (nSPS) is 21.7. The van der Waals surface area contributed by atoms with Crippen LogP contribution in [0.5, 0.6) is 0 Å². The first-order valence-corrected chi connectivity index (χ1v) is 7.67. The second kappa shape index (κ2) is 6.75. The number of esters is 1. The molecule has 1 saturated heterocycles. The molecule has 1 fully saturated rings. The number of hydrogen-bond acceptors (Lipinski definition) is 3. The molecule has 0 N–H and O–H groups in total. The maximum atomic E-state index is 12.1. The van der Waals surface area contributed by atoms with Gasteiger partial charge in [-0.05, 0) is 11.1 Å². The van der Waals surface area contributed by atoms with E-state index in [4.69, 9.17) is 4.74 Å². The van der Waals surface area contributed by atoms with Crippen LogP contribution in [0, 0.1) is 5.92 Å². The van der Waals surface area contributed by atoms with Gasteiger partial charge in [0, 0.05) is 25.6 Å². The monoisotopic (exact) mass is 295 g/mol. The van der Waals surface area contributed by atoms with Gasteiger partial charge in [0.15, 0.2) is 0 Å². The van der Waals surface area contributed by atoms with E-state index in [2.05, 4.69) is 41.3 Å². The van der Waals surface area contributed by atoms with Gasteiger partial charge >= 0.3 is 5.97 Å². The number of hydrogen-bond donors (Lipinski definition) is 0. The van der Waals surface area contributed by atoms with Crippen molar-refractivity contribution in [2.75, 3.05) is 20.2 Å². The number of rotatable bonds is 4. The van der Waals surface area contributed by atoms with Crippen molar-refractivity contribution in [1.82, 2.24) is 4.90 Å². The molecule has 1 heterocycles. The SMILES string of the molecule is COC(=O)[C@H]1CN(Cc2ccccc2)C[C@@H]1c1ccccc1. The van der Waals surface area contributed by atoms with Crippen LogP contribution in [0.15, 0.2) is 60.7 Å². The summed E-state index contributed by atoms with van der Waals surface area (Å²) in [6, 6.07) is 20.7. The zero-order valence-electron chi connectivity index (χ0n) is 12.8. The van der Waals surface area contributed by atoms with Crippen LogP contribution in [0.3, 0.4) is 0 Å². The van der Waals surface area contributed by atoms with Crippen molar-refractivity contribution in [1.29, 1.82) is 0 Å². The van der Waals surface area contributed by atoms with Crippen molar-refractivity contribution in [3.8, 4) is 0 Å². The van der Waals surface area contributed by atoms with Gasteiger partial charge in [0.25, 0.3) is 0 Å². The van der Waals surface area contributed by atoms with Crippen molar-refractivity contribution in [2.24, 2.45) is 5.92 Å². The second-order valence-corrected chi connectivity index (χ2v) is 5.83. The summed E-state index contributed by atoms with van der Waals surface area (Å²) >= 11 is 0. The van der Waals surface area contributed by atoms with Crippen molar-refractivity contribution in [2.45, 2.75) is 12.5 Å². The van der Waals surface area contributed by atoms with Crippen LogP contribution < -0.4 is 0 Å². The van der Waals surface area contributed by atoms with E-state index < -0.39 is 0 Å². The maximum Gasteiger partial charge on any atom is 0.310 e. The van der Waals surface area contributed by atoms with E-state index in [1.54, 1.807) is 0 Å².